The van der Waals surface area contributed by atoms with E-state index in [0.29, 0.717) is 18.0 Å². The van der Waals surface area contributed by atoms with Crippen LogP contribution in [0.25, 0.3) is 0 Å². The Kier molecular flexibility index (Phi) is 4.37. The highest BCUT2D eigenvalue weighted by molar-refractivity contribution is 5.94. The highest BCUT2D eigenvalue weighted by Gasteiger charge is 2.30. The fourth-order valence-corrected chi connectivity index (χ4v) is 2.84. The van der Waals surface area contributed by atoms with Gasteiger partial charge in [-0.1, -0.05) is 6.07 Å². The van der Waals surface area contributed by atoms with Crippen molar-refractivity contribution in [3.8, 4) is 0 Å². The van der Waals surface area contributed by atoms with Crippen LogP contribution in [0.4, 0.5) is 4.39 Å². The highest BCUT2D eigenvalue weighted by Crippen LogP contribution is 2.25. The lowest BCUT2D eigenvalue weighted by molar-refractivity contribution is 0.0740. The van der Waals surface area contributed by atoms with E-state index in [1.54, 1.807) is 30.6 Å². The number of amides is 2. The van der Waals surface area contributed by atoms with Crippen LogP contribution in [0, 0.1) is 5.82 Å². The van der Waals surface area contributed by atoms with E-state index in [0.717, 1.165) is 5.56 Å². The number of oxazole rings is 1. The summed E-state index contributed by atoms with van der Waals surface area (Å²) in [5.41, 5.74) is 1.70. The van der Waals surface area contributed by atoms with Crippen LogP contribution < -0.4 is 5.32 Å². The average Bonchev–Trinajstić information content (AvgIpc) is 3.25. The minimum atomic E-state index is -0.469. The molecule has 3 heterocycles. The number of halogens is 1. The van der Waals surface area contributed by atoms with Crippen molar-refractivity contribution < 1.29 is 18.4 Å². The Hall–Kier alpha value is -3.55. The van der Waals surface area contributed by atoms with Gasteiger partial charge in [0.25, 0.3) is 11.8 Å². The molecular weight excluding hydrogens is 351 g/mol. The molecule has 0 saturated carbocycles. The number of benzene rings is 1. The van der Waals surface area contributed by atoms with E-state index in [1.807, 2.05) is 0 Å². The number of hydrogen-bond acceptors (Lipinski definition) is 5. The number of hydrogen-bond donors (Lipinski definition) is 1. The molecule has 3 aromatic rings. The van der Waals surface area contributed by atoms with Gasteiger partial charge in [-0.25, -0.2) is 9.37 Å². The number of carbonyl (C=O) groups excluding carboxylic acids is 2. The van der Waals surface area contributed by atoms with Crippen molar-refractivity contribution in [1.82, 2.24) is 20.2 Å². The van der Waals surface area contributed by atoms with Crippen LogP contribution in [0.5, 0.6) is 0 Å². The number of aromatic nitrogens is 2. The molecule has 0 radical (unpaired) electrons. The summed E-state index contributed by atoms with van der Waals surface area (Å²) in [4.78, 5) is 34.2. The van der Waals surface area contributed by atoms with Gasteiger partial charge < -0.3 is 14.6 Å². The Balaban J connectivity index is 1.40. The Labute approximate surface area is 153 Å². The average molecular weight is 366 g/mol. The number of pyridine rings is 1. The molecule has 27 heavy (non-hydrogen) atoms. The van der Waals surface area contributed by atoms with Crippen LogP contribution in [0.2, 0.25) is 0 Å². The van der Waals surface area contributed by atoms with Gasteiger partial charge in [-0.2, -0.15) is 0 Å². The van der Waals surface area contributed by atoms with E-state index in [1.165, 1.54) is 23.1 Å². The van der Waals surface area contributed by atoms with Crippen molar-refractivity contribution in [1.29, 1.82) is 0 Å². The summed E-state index contributed by atoms with van der Waals surface area (Å²) in [5.74, 6) is -0.778. The third kappa shape index (κ3) is 3.55. The first-order valence-electron chi connectivity index (χ1n) is 8.30. The maximum absolute atomic E-state index is 13.3. The summed E-state index contributed by atoms with van der Waals surface area (Å²) in [6.45, 7) is 0.736. The second kappa shape index (κ2) is 6.99. The molecule has 0 bridgehead atoms. The molecule has 8 heteroatoms. The van der Waals surface area contributed by atoms with Gasteiger partial charge in [-0.15, -0.1) is 0 Å². The Morgan fingerprint density at radius 1 is 1.19 bits per heavy atom. The largest absolute Gasteiger partial charge is 0.435 e. The zero-order chi connectivity index (χ0) is 18.8. The highest BCUT2D eigenvalue weighted by atomic mass is 19.1. The summed E-state index contributed by atoms with van der Waals surface area (Å²) < 4.78 is 18.8. The predicted octanol–water partition coefficient (Wildman–Crippen LogP) is 2.29. The summed E-state index contributed by atoms with van der Waals surface area (Å²) in [7, 11) is 0. The number of nitrogens with zero attached hydrogens (tertiary/aromatic N) is 3. The van der Waals surface area contributed by atoms with Crippen LogP contribution in [-0.2, 0) is 19.6 Å². The number of carbonyl (C=O) groups is 2. The molecule has 4 rings (SSSR count). The van der Waals surface area contributed by atoms with E-state index in [2.05, 4.69) is 15.3 Å². The monoisotopic (exact) mass is 366 g/mol. The predicted molar refractivity (Wildman–Crippen MR) is 91.9 cm³/mol. The molecule has 0 unspecified atom stereocenters. The maximum Gasteiger partial charge on any atom is 0.307 e. The van der Waals surface area contributed by atoms with Crippen LogP contribution >= 0.6 is 0 Å². The quantitative estimate of drug-likeness (QED) is 0.765. The Morgan fingerprint density at radius 3 is 2.74 bits per heavy atom. The van der Waals surface area contributed by atoms with Crippen molar-refractivity contribution in [3.05, 3.63) is 83.1 Å². The second-order valence-electron chi connectivity index (χ2n) is 6.10. The van der Waals surface area contributed by atoms with Crippen LogP contribution in [0.1, 0.15) is 38.1 Å². The summed E-state index contributed by atoms with van der Waals surface area (Å²) in [6.07, 6.45) is 3.29. The van der Waals surface area contributed by atoms with Crippen molar-refractivity contribution in [2.45, 2.75) is 19.6 Å². The van der Waals surface area contributed by atoms with Gasteiger partial charge in [-0.05, 0) is 35.9 Å². The maximum atomic E-state index is 13.3. The second-order valence-corrected chi connectivity index (χ2v) is 6.10. The summed E-state index contributed by atoms with van der Waals surface area (Å²) in [5, 5.41) is 2.72. The third-order valence-corrected chi connectivity index (χ3v) is 4.21. The van der Waals surface area contributed by atoms with Crippen molar-refractivity contribution in [2.24, 2.45) is 0 Å². The molecule has 1 aliphatic rings. The van der Waals surface area contributed by atoms with Crippen LogP contribution in [-0.4, -0.2) is 26.7 Å². The molecule has 0 atom stereocenters. The first-order valence-corrected chi connectivity index (χ1v) is 8.30. The zero-order valence-electron chi connectivity index (χ0n) is 14.2. The topological polar surface area (TPSA) is 88.3 Å². The molecule has 0 fully saturated rings. The first kappa shape index (κ1) is 16.9. The molecule has 136 valence electrons. The first-order chi connectivity index (χ1) is 13.1. The van der Waals surface area contributed by atoms with Gasteiger partial charge in [0.1, 0.15) is 17.3 Å². The molecule has 1 aliphatic heterocycles. The minimum Gasteiger partial charge on any atom is -0.435 e. The van der Waals surface area contributed by atoms with E-state index in [9.17, 15) is 14.0 Å². The lowest BCUT2D eigenvalue weighted by Gasteiger charge is -2.15. The third-order valence-electron chi connectivity index (χ3n) is 4.21. The van der Waals surface area contributed by atoms with Gasteiger partial charge >= 0.3 is 5.91 Å². The number of rotatable bonds is 4. The molecule has 1 aromatic carbocycles. The lowest BCUT2D eigenvalue weighted by atomic mass is 10.2. The normalized spacial score (nSPS) is 12.7. The summed E-state index contributed by atoms with van der Waals surface area (Å²) >= 11 is 0. The Bertz CT molecular complexity index is 980. The van der Waals surface area contributed by atoms with Crippen LogP contribution in [0.3, 0.4) is 0 Å². The van der Waals surface area contributed by atoms with Gasteiger partial charge in [-0.3, -0.25) is 14.6 Å². The number of nitrogens with one attached hydrogen (secondary N) is 1. The molecular formula is C19H15FN4O3. The Morgan fingerprint density at radius 2 is 2.00 bits per heavy atom. The van der Waals surface area contributed by atoms with E-state index in [-0.39, 0.29) is 30.5 Å². The zero-order valence-corrected chi connectivity index (χ0v) is 14.2. The van der Waals surface area contributed by atoms with Crippen molar-refractivity contribution in [2.75, 3.05) is 0 Å². The van der Waals surface area contributed by atoms with E-state index >= 15 is 0 Å². The minimum absolute atomic E-state index is 0.0353. The fraction of sp³-hybridized carbons (Fsp3) is 0.158. The SMILES string of the molecule is O=C(NCc1ccncc1)c1nc2c(o1)CN(C(=O)c1cccc(F)c1)C2. The molecule has 2 aromatic heterocycles. The molecule has 0 aliphatic carbocycles. The van der Waals surface area contributed by atoms with Gasteiger partial charge in [0.2, 0.25) is 0 Å². The van der Waals surface area contributed by atoms with E-state index in [4.69, 9.17) is 4.42 Å². The van der Waals surface area contributed by atoms with Gasteiger partial charge in [0.05, 0.1) is 13.1 Å². The summed E-state index contributed by atoms with van der Waals surface area (Å²) in [6, 6.07) is 9.10. The number of fused-ring (bicyclic) bond motifs is 1. The van der Waals surface area contributed by atoms with Gasteiger partial charge in [0.15, 0.2) is 0 Å². The van der Waals surface area contributed by atoms with Crippen LogP contribution in [0.15, 0.2) is 53.2 Å². The standard InChI is InChI=1S/C19H15FN4O3/c20-14-3-1-2-13(8-14)19(26)24-10-15-16(11-24)27-18(23-15)17(25)22-9-12-4-6-21-7-5-12/h1-8H,9-11H2,(H,22,25). The lowest BCUT2D eigenvalue weighted by Crippen LogP contribution is -2.26. The van der Waals surface area contributed by atoms with Crippen molar-refractivity contribution in [3.63, 3.8) is 0 Å². The molecule has 0 spiro atoms. The van der Waals surface area contributed by atoms with E-state index < -0.39 is 11.7 Å². The van der Waals surface area contributed by atoms with Gasteiger partial charge in [0, 0.05) is 24.5 Å². The molecule has 7 nitrogen and oxygen atoms in total. The molecule has 2 amide bonds. The fourth-order valence-electron chi connectivity index (χ4n) is 2.84. The smallest absolute Gasteiger partial charge is 0.307 e. The van der Waals surface area contributed by atoms with Crippen molar-refractivity contribution >= 4 is 11.8 Å². The molecule has 0 saturated heterocycles. The molecule has 1 N–H and O–H groups in total.